The number of carbonyl (C=O) groups excluding carboxylic acids is 1. The van der Waals surface area contributed by atoms with Crippen LogP contribution in [0.25, 0.3) is 0 Å². The fourth-order valence-corrected chi connectivity index (χ4v) is 3.86. The third-order valence-electron chi connectivity index (χ3n) is 4.36. The number of rotatable bonds is 5. The molecule has 2 N–H and O–H groups in total. The van der Waals surface area contributed by atoms with Gasteiger partial charge >= 0.3 is 0 Å². The van der Waals surface area contributed by atoms with E-state index in [-0.39, 0.29) is 11.3 Å². The van der Waals surface area contributed by atoms with E-state index in [0.29, 0.717) is 19.5 Å². The molecule has 0 unspecified atom stereocenters. The molecule has 1 fully saturated rings. The van der Waals surface area contributed by atoms with Crippen molar-refractivity contribution in [2.45, 2.75) is 52.0 Å². The molecule has 0 spiro atoms. The molecule has 1 aromatic heterocycles. The van der Waals surface area contributed by atoms with E-state index in [1.807, 2.05) is 25.1 Å². The molecule has 4 nitrogen and oxygen atoms in total. The number of nitrogens with two attached hydrogens (primary N) is 1. The maximum Gasteiger partial charge on any atom is 0.223 e. The number of nitrogens with zero attached hydrogens (tertiary/aromatic N) is 2. The van der Waals surface area contributed by atoms with Crippen LogP contribution in [0.4, 0.5) is 0 Å². The van der Waals surface area contributed by atoms with Gasteiger partial charge in [0.25, 0.3) is 0 Å². The first-order valence-electron chi connectivity index (χ1n) is 7.40. The minimum Gasteiger partial charge on any atom is -0.341 e. The van der Waals surface area contributed by atoms with Crippen LogP contribution in [0, 0.1) is 12.3 Å². The van der Waals surface area contributed by atoms with E-state index in [4.69, 9.17) is 5.73 Å². The van der Waals surface area contributed by atoms with E-state index in [2.05, 4.69) is 4.98 Å². The van der Waals surface area contributed by atoms with Crippen LogP contribution in [0.2, 0.25) is 0 Å². The zero-order chi connectivity index (χ0) is 14.6. The third kappa shape index (κ3) is 3.79. The second-order valence-corrected chi connectivity index (χ2v) is 7.36. The highest BCUT2D eigenvalue weighted by molar-refractivity contribution is 7.11. The zero-order valence-electron chi connectivity index (χ0n) is 12.5. The summed E-state index contributed by atoms with van der Waals surface area (Å²) in [5.41, 5.74) is 6.01. The Bertz CT molecular complexity index is 452. The van der Waals surface area contributed by atoms with E-state index >= 15 is 0 Å². The molecule has 1 aliphatic carbocycles. The zero-order valence-corrected chi connectivity index (χ0v) is 13.3. The van der Waals surface area contributed by atoms with Crippen molar-refractivity contribution < 1.29 is 4.79 Å². The molecular formula is C15H25N3OS. The van der Waals surface area contributed by atoms with Gasteiger partial charge in [-0.3, -0.25) is 4.79 Å². The van der Waals surface area contributed by atoms with Crippen molar-refractivity contribution in [3.05, 3.63) is 16.1 Å². The lowest BCUT2D eigenvalue weighted by Gasteiger charge is -2.36. The fourth-order valence-electron chi connectivity index (χ4n) is 3.01. The monoisotopic (exact) mass is 295 g/mol. The molecular weight excluding hydrogens is 270 g/mol. The number of aromatic nitrogens is 1. The Labute approximate surface area is 125 Å². The average Bonchev–Trinajstić information content (AvgIpc) is 2.85. The number of aryl methyl sites for hydroxylation is 1. The maximum atomic E-state index is 12.4. The van der Waals surface area contributed by atoms with Crippen LogP contribution in [0.5, 0.6) is 0 Å². The minimum absolute atomic E-state index is 0.0488. The molecule has 0 atom stereocenters. The molecule has 112 valence electrons. The van der Waals surface area contributed by atoms with Gasteiger partial charge in [0.05, 0.1) is 11.6 Å². The van der Waals surface area contributed by atoms with Crippen molar-refractivity contribution in [2.24, 2.45) is 11.1 Å². The van der Waals surface area contributed by atoms with Crippen molar-refractivity contribution >= 4 is 17.2 Å². The fraction of sp³-hybridized carbons (Fsp3) is 0.733. The summed E-state index contributed by atoms with van der Waals surface area (Å²) in [4.78, 5) is 19.6. The molecule has 1 saturated carbocycles. The Balaban J connectivity index is 1.92. The predicted octanol–water partition coefficient (Wildman–Crippen LogP) is 2.71. The van der Waals surface area contributed by atoms with Crippen molar-refractivity contribution in [2.75, 3.05) is 13.6 Å². The number of amides is 1. The molecule has 1 heterocycles. The van der Waals surface area contributed by atoms with E-state index in [1.54, 1.807) is 11.3 Å². The lowest BCUT2D eigenvalue weighted by atomic mass is 9.71. The highest BCUT2D eigenvalue weighted by Crippen LogP contribution is 2.38. The van der Waals surface area contributed by atoms with Crippen LogP contribution >= 0.6 is 11.3 Å². The Morgan fingerprint density at radius 3 is 2.70 bits per heavy atom. The van der Waals surface area contributed by atoms with Crippen molar-refractivity contribution in [3.8, 4) is 0 Å². The largest absolute Gasteiger partial charge is 0.341 e. The topological polar surface area (TPSA) is 59.2 Å². The van der Waals surface area contributed by atoms with Crippen molar-refractivity contribution in [3.63, 3.8) is 0 Å². The summed E-state index contributed by atoms with van der Waals surface area (Å²) < 4.78 is 0. The summed E-state index contributed by atoms with van der Waals surface area (Å²) >= 11 is 1.65. The van der Waals surface area contributed by atoms with Crippen LogP contribution in [0.3, 0.4) is 0 Å². The molecule has 20 heavy (non-hydrogen) atoms. The number of hydrogen-bond donors (Lipinski definition) is 1. The van der Waals surface area contributed by atoms with Gasteiger partial charge in [-0.2, -0.15) is 0 Å². The van der Waals surface area contributed by atoms with Gasteiger partial charge in [0.15, 0.2) is 0 Å². The van der Waals surface area contributed by atoms with Crippen LogP contribution in [0.1, 0.15) is 48.4 Å². The molecule has 1 amide bonds. The second kappa shape index (κ2) is 6.68. The van der Waals surface area contributed by atoms with Crippen LogP contribution < -0.4 is 5.73 Å². The molecule has 1 aliphatic rings. The van der Waals surface area contributed by atoms with Crippen molar-refractivity contribution in [1.82, 2.24) is 9.88 Å². The second-order valence-electron chi connectivity index (χ2n) is 6.04. The molecule has 5 heteroatoms. The first-order chi connectivity index (χ1) is 9.54. The SMILES string of the molecule is Cc1ncc(CN(C)C(=O)CC2(CN)CCCCC2)s1. The lowest BCUT2D eigenvalue weighted by Crippen LogP contribution is -2.39. The smallest absolute Gasteiger partial charge is 0.223 e. The van der Waals surface area contributed by atoms with Gasteiger partial charge in [-0.05, 0) is 31.7 Å². The first-order valence-corrected chi connectivity index (χ1v) is 8.22. The standard InChI is InChI=1S/C15H25N3OS/c1-12-17-9-13(20-12)10-18(2)14(19)8-15(11-16)6-4-3-5-7-15/h9H,3-8,10-11,16H2,1-2H3. The van der Waals surface area contributed by atoms with E-state index in [1.165, 1.54) is 19.3 Å². The molecule has 2 rings (SSSR count). The first kappa shape index (κ1) is 15.4. The van der Waals surface area contributed by atoms with E-state index < -0.39 is 0 Å². The highest BCUT2D eigenvalue weighted by atomic mass is 32.1. The predicted molar refractivity (Wildman–Crippen MR) is 82.5 cm³/mol. The summed E-state index contributed by atoms with van der Waals surface area (Å²) in [7, 11) is 1.88. The summed E-state index contributed by atoms with van der Waals surface area (Å²) in [5.74, 6) is 0.211. The molecule has 0 saturated heterocycles. The number of hydrogen-bond acceptors (Lipinski definition) is 4. The summed E-state index contributed by atoms with van der Waals surface area (Å²) in [5, 5.41) is 1.05. The molecule has 0 aliphatic heterocycles. The highest BCUT2D eigenvalue weighted by Gasteiger charge is 2.33. The Hall–Kier alpha value is -0.940. The van der Waals surface area contributed by atoms with Gasteiger partial charge < -0.3 is 10.6 Å². The maximum absolute atomic E-state index is 12.4. The average molecular weight is 295 g/mol. The summed E-state index contributed by atoms with van der Waals surface area (Å²) in [6.45, 7) is 3.28. The molecule has 0 bridgehead atoms. The van der Waals surface area contributed by atoms with Crippen LogP contribution in [-0.2, 0) is 11.3 Å². The summed E-state index contributed by atoms with van der Waals surface area (Å²) in [6.07, 6.45) is 8.36. The quantitative estimate of drug-likeness (QED) is 0.908. The van der Waals surface area contributed by atoms with Crippen LogP contribution in [0.15, 0.2) is 6.20 Å². The van der Waals surface area contributed by atoms with Gasteiger partial charge in [-0.25, -0.2) is 4.98 Å². The van der Waals surface area contributed by atoms with Gasteiger partial charge in [0.1, 0.15) is 0 Å². The van der Waals surface area contributed by atoms with Gasteiger partial charge in [-0.1, -0.05) is 19.3 Å². The van der Waals surface area contributed by atoms with E-state index in [9.17, 15) is 4.79 Å². The molecule has 1 aromatic rings. The number of carbonyl (C=O) groups is 1. The Morgan fingerprint density at radius 1 is 1.45 bits per heavy atom. The minimum atomic E-state index is 0.0488. The molecule has 0 aromatic carbocycles. The molecule has 0 radical (unpaired) electrons. The van der Waals surface area contributed by atoms with Gasteiger partial charge in [-0.15, -0.1) is 11.3 Å². The Morgan fingerprint density at radius 2 is 2.15 bits per heavy atom. The third-order valence-corrected chi connectivity index (χ3v) is 5.26. The van der Waals surface area contributed by atoms with Gasteiger partial charge in [0.2, 0.25) is 5.91 Å². The van der Waals surface area contributed by atoms with Crippen molar-refractivity contribution in [1.29, 1.82) is 0 Å². The van der Waals surface area contributed by atoms with Crippen LogP contribution in [-0.4, -0.2) is 29.4 Å². The normalized spacial score (nSPS) is 17.9. The Kier molecular flexibility index (Phi) is 5.16. The van der Waals surface area contributed by atoms with Gasteiger partial charge in [0, 0.05) is 24.5 Å². The van der Waals surface area contributed by atoms with E-state index in [0.717, 1.165) is 22.7 Å². The lowest BCUT2D eigenvalue weighted by molar-refractivity contribution is -0.133. The summed E-state index contributed by atoms with van der Waals surface area (Å²) in [6, 6.07) is 0. The number of thiazole rings is 1.